The van der Waals surface area contributed by atoms with Gasteiger partial charge in [0, 0.05) is 17.3 Å². The van der Waals surface area contributed by atoms with Crippen LogP contribution in [-0.2, 0) is 13.0 Å². The van der Waals surface area contributed by atoms with Crippen molar-refractivity contribution in [2.45, 2.75) is 19.9 Å². The molecule has 7 nitrogen and oxygen atoms in total. The van der Waals surface area contributed by atoms with Gasteiger partial charge in [0.15, 0.2) is 0 Å². The number of nitrogens with two attached hydrogens (primary N) is 1. The summed E-state index contributed by atoms with van der Waals surface area (Å²) in [6.45, 7) is 2.32. The van der Waals surface area contributed by atoms with Crippen LogP contribution in [0.15, 0.2) is 54.7 Å². The molecule has 0 aliphatic rings. The summed E-state index contributed by atoms with van der Waals surface area (Å²) in [6.07, 6.45) is 2.21. The zero-order valence-electron chi connectivity index (χ0n) is 15.3. The second kappa shape index (κ2) is 8.58. The summed E-state index contributed by atoms with van der Waals surface area (Å²) in [5.74, 6) is -0.204. The van der Waals surface area contributed by atoms with E-state index in [2.05, 4.69) is 15.7 Å². The number of nitrogens with zero attached hydrogens (tertiary/aromatic N) is 2. The topological polar surface area (TPSA) is 102 Å². The normalized spacial score (nSPS) is 10.5. The summed E-state index contributed by atoms with van der Waals surface area (Å²) in [4.78, 5) is 23.5. The number of amides is 3. The number of rotatable bonds is 6. The number of benzene rings is 2. The molecule has 3 amide bonds. The third kappa shape index (κ3) is 4.50. The lowest BCUT2D eigenvalue weighted by Crippen LogP contribution is -2.24. The third-order valence-electron chi connectivity index (χ3n) is 4.18. The van der Waals surface area contributed by atoms with Gasteiger partial charge in [-0.05, 0) is 42.3 Å². The molecular weight excluding hydrogens is 378 g/mol. The van der Waals surface area contributed by atoms with E-state index in [0.717, 1.165) is 16.9 Å². The van der Waals surface area contributed by atoms with Gasteiger partial charge in [0.05, 0.1) is 23.1 Å². The molecular formula is C20H20ClN5O2. The van der Waals surface area contributed by atoms with Crippen LogP contribution in [0.4, 0.5) is 10.5 Å². The zero-order chi connectivity index (χ0) is 20.1. The first kappa shape index (κ1) is 19.4. The van der Waals surface area contributed by atoms with E-state index in [-0.39, 0.29) is 5.91 Å². The minimum Gasteiger partial charge on any atom is -0.351 e. The van der Waals surface area contributed by atoms with Gasteiger partial charge in [0.1, 0.15) is 0 Å². The Morgan fingerprint density at radius 2 is 1.93 bits per heavy atom. The Balaban J connectivity index is 1.72. The smallest absolute Gasteiger partial charge is 0.316 e. The number of carbonyl (C=O) groups excluding carboxylic acids is 2. The number of hydrogen-bond donors (Lipinski definition) is 3. The van der Waals surface area contributed by atoms with Crippen molar-refractivity contribution in [3.63, 3.8) is 0 Å². The van der Waals surface area contributed by atoms with Gasteiger partial charge in [-0.3, -0.25) is 4.79 Å². The van der Waals surface area contributed by atoms with Crippen LogP contribution in [0.1, 0.15) is 28.5 Å². The summed E-state index contributed by atoms with van der Waals surface area (Å²) in [6, 6.07) is 13.8. The van der Waals surface area contributed by atoms with Gasteiger partial charge < -0.3 is 16.4 Å². The van der Waals surface area contributed by atoms with Crippen molar-refractivity contribution in [2.24, 2.45) is 5.73 Å². The lowest BCUT2D eigenvalue weighted by Gasteiger charge is -2.09. The van der Waals surface area contributed by atoms with E-state index in [0.29, 0.717) is 29.2 Å². The SMILES string of the molecule is CCc1c(C(=O)NCc2ccc(NC(N)=O)cc2)cnn1-c1cccc(Cl)c1. The van der Waals surface area contributed by atoms with E-state index in [1.165, 1.54) is 0 Å². The summed E-state index contributed by atoms with van der Waals surface area (Å²) < 4.78 is 1.73. The van der Waals surface area contributed by atoms with Gasteiger partial charge >= 0.3 is 6.03 Å². The molecule has 0 bridgehead atoms. The molecule has 1 heterocycles. The quantitative estimate of drug-likeness (QED) is 0.593. The fraction of sp³-hybridized carbons (Fsp3) is 0.150. The van der Waals surface area contributed by atoms with Crippen molar-refractivity contribution < 1.29 is 9.59 Å². The van der Waals surface area contributed by atoms with E-state index >= 15 is 0 Å². The molecule has 0 fully saturated rings. The number of hydrogen-bond acceptors (Lipinski definition) is 3. The number of aromatic nitrogens is 2. The highest BCUT2D eigenvalue weighted by molar-refractivity contribution is 6.30. The molecule has 3 rings (SSSR count). The summed E-state index contributed by atoms with van der Waals surface area (Å²) in [5, 5.41) is 10.4. The maximum absolute atomic E-state index is 12.7. The largest absolute Gasteiger partial charge is 0.351 e. The number of anilines is 1. The summed E-state index contributed by atoms with van der Waals surface area (Å²) >= 11 is 6.07. The second-order valence-corrected chi connectivity index (χ2v) is 6.56. The Morgan fingerprint density at radius 1 is 1.18 bits per heavy atom. The molecule has 144 valence electrons. The predicted molar refractivity (Wildman–Crippen MR) is 109 cm³/mol. The fourth-order valence-electron chi connectivity index (χ4n) is 2.86. The number of carbonyl (C=O) groups is 2. The predicted octanol–water partition coefficient (Wildman–Crippen LogP) is 3.51. The minimum absolute atomic E-state index is 0.204. The molecule has 0 spiro atoms. The molecule has 0 atom stereocenters. The first-order chi connectivity index (χ1) is 13.5. The molecule has 0 saturated heterocycles. The number of urea groups is 1. The lowest BCUT2D eigenvalue weighted by molar-refractivity contribution is 0.0950. The Hall–Kier alpha value is -3.32. The molecule has 4 N–H and O–H groups in total. The van der Waals surface area contributed by atoms with Crippen LogP contribution in [0.25, 0.3) is 5.69 Å². The molecule has 2 aromatic carbocycles. The first-order valence-electron chi connectivity index (χ1n) is 8.74. The Labute approximate surface area is 167 Å². The standard InChI is InChI=1S/C20H20ClN5O2/c1-2-18-17(12-24-26(18)16-5-3-4-14(21)10-16)19(27)23-11-13-6-8-15(9-7-13)25-20(22)28/h3-10,12H,2,11H2,1H3,(H,23,27)(H3,22,25,28). The maximum Gasteiger partial charge on any atom is 0.316 e. The van der Waals surface area contributed by atoms with Gasteiger partial charge in [-0.15, -0.1) is 0 Å². The highest BCUT2D eigenvalue weighted by atomic mass is 35.5. The maximum atomic E-state index is 12.7. The average Bonchev–Trinajstić information content (AvgIpc) is 3.11. The Kier molecular flexibility index (Phi) is 5.96. The number of nitrogens with one attached hydrogen (secondary N) is 2. The van der Waals surface area contributed by atoms with Crippen LogP contribution in [0, 0.1) is 0 Å². The van der Waals surface area contributed by atoms with Crippen LogP contribution in [0.5, 0.6) is 0 Å². The molecule has 8 heteroatoms. The van der Waals surface area contributed by atoms with Crippen LogP contribution in [-0.4, -0.2) is 21.7 Å². The second-order valence-electron chi connectivity index (χ2n) is 6.12. The molecule has 3 aromatic rings. The highest BCUT2D eigenvalue weighted by Crippen LogP contribution is 2.19. The molecule has 0 aliphatic heterocycles. The van der Waals surface area contributed by atoms with Crippen LogP contribution >= 0.6 is 11.6 Å². The number of halogens is 1. The van der Waals surface area contributed by atoms with E-state index in [1.54, 1.807) is 35.1 Å². The minimum atomic E-state index is -0.620. The average molecular weight is 398 g/mol. The van der Waals surface area contributed by atoms with Crippen molar-refractivity contribution >= 4 is 29.2 Å². The monoisotopic (exact) mass is 397 g/mol. The molecule has 1 aromatic heterocycles. The number of primary amides is 1. The third-order valence-corrected chi connectivity index (χ3v) is 4.41. The molecule has 0 aliphatic carbocycles. The van der Waals surface area contributed by atoms with Gasteiger partial charge in [-0.2, -0.15) is 5.10 Å². The highest BCUT2D eigenvalue weighted by Gasteiger charge is 2.17. The van der Waals surface area contributed by atoms with E-state index in [4.69, 9.17) is 17.3 Å². The summed E-state index contributed by atoms with van der Waals surface area (Å²) in [7, 11) is 0. The van der Waals surface area contributed by atoms with Crippen LogP contribution in [0.3, 0.4) is 0 Å². The first-order valence-corrected chi connectivity index (χ1v) is 9.12. The fourth-order valence-corrected chi connectivity index (χ4v) is 3.04. The van der Waals surface area contributed by atoms with E-state index in [9.17, 15) is 9.59 Å². The molecule has 28 heavy (non-hydrogen) atoms. The Bertz CT molecular complexity index is 998. The lowest BCUT2D eigenvalue weighted by atomic mass is 10.1. The molecule has 0 saturated carbocycles. The molecule has 0 radical (unpaired) electrons. The summed E-state index contributed by atoms with van der Waals surface area (Å²) in [5.41, 5.74) is 8.71. The van der Waals surface area contributed by atoms with Crippen molar-refractivity contribution in [3.8, 4) is 5.69 Å². The Morgan fingerprint density at radius 3 is 2.57 bits per heavy atom. The van der Waals surface area contributed by atoms with Gasteiger partial charge in [0.25, 0.3) is 5.91 Å². The van der Waals surface area contributed by atoms with Crippen molar-refractivity contribution in [1.29, 1.82) is 0 Å². The zero-order valence-corrected chi connectivity index (χ0v) is 16.0. The van der Waals surface area contributed by atoms with Crippen molar-refractivity contribution in [1.82, 2.24) is 15.1 Å². The van der Waals surface area contributed by atoms with Gasteiger partial charge in [-0.1, -0.05) is 36.7 Å². The van der Waals surface area contributed by atoms with E-state index < -0.39 is 6.03 Å². The van der Waals surface area contributed by atoms with E-state index in [1.807, 2.05) is 31.2 Å². The van der Waals surface area contributed by atoms with Crippen LogP contribution in [0.2, 0.25) is 5.02 Å². The van der Waals surface area contributed by atoms with Gasteiger partial charge in [-0.25, -0.2) is 9.48 Å². The van der Waals surface area contributed by atoms with Crippen LogP contribution < -0.4 is 16.4 Å². The van der Waals surface area contributed by atoms with Crippen molar-refractivity contribution in [2.75, 3.05) is 5.32 Å². The van der Waals surface area contributed by atoms with Gasteiger partial charge in [0.2, 0.25) is 0 Å². The molecule has 0 unspecified atom stereocenters. The van der Waals surface area contributed by atoms with Crippen molar-refractivity contribution in [3.05, 3.63) is 76.6 Å².